The lowest BCUT2D eigenvalue weighted by Gasteiger charge is -2.33. The van der Waals surface area contributed by atoms with Crippen molar-refractivity contribution in [1.29, 1.82) is 0 Å². The Morgan fingerprint density at radius 2 is 1.79 bits per heavy atom. The molecule has 0 radical (unpaired) electrons. The lowest BCUT2D eigenvalue weighted by molar-refractivity contribution is -0.139. The van der Waals surface area contributed by atoms with Crippen LogP contribution in [0, 0.1) is 5.92 Å². The molecule has 0 bridgehead atoms. The Morgan fingerprint density at radius 3 is 2.49 bits per heavy atom. The third-order valence-electron chi connectivity index (χ3n) is 6.69. The summed E-state index contributed by atoms with van der Waals surface area (Å²) in [6.07, 6.45) is -3.75. The molecule has 2 aromatic heterocycles. The van der Waals surface area contributed by atoms with Crippen molar-refractivity contribution in [2.24, 2.45) is 5.92 Å². The van der Waals surface area contributed by atoms with Gasteiger partial charge in [0, 0.05) is 30.6 Å². The fourth-order valence-electron chi connectivity index (χ4n) is 4.86. The smallest absolute Gasteiger partial charge is 0.422 e. The maximum Gasteiger partial charge on any atom is 0.422 e. The molecule has 4 aromatic rings. The van der Waals surface area contributed by atoms with E-state index in [-0.39, 0.29) is 29.4 Å². The van der Waals surface area contributed by atoms with Crippen LogP contribution in [0.3, 0.4) is 0 Å². The first-order valence-corrected chi connectivity index (χ1v) is 12.4. The molecule has 0 spiro atoms. The Bertz CT molecular complexity index is 1420. The van der Waals surface area contributed by atoms with Crippen molar-refractivity contribution >= 4 is 5.97 Å². The van der Waals surface area contributed by atoms with Gasteiger partial charge in [-0.1, -0.05) is 64.9 Å². The zero-order chi connectivity index (χ0) is 27.6. The molecule has 2 N–H and O–H groups in total. The lowest BCUT2D eigenvalue weighted by atomic mass is 9.94. The van der Waals surface area contributed by atoms with Gasteiger partial charge < -0.3 is 24.2 Å². The first-order valence-electron chi connectivity index (χ1n) is 12.4. The molecule has 12 heteroatoms. The first kappa shape index (κ1) is 26.6. The molecule has 1 saturated heterocycles. The second-order valence-corrected chi connectivity index (χ2v) is 9.53. The highest BCUT2D eigenvalue weighted by Gasteiger charge is 2.43. The lowest BCUT2D eigenvalue weighted by Crippen LogP contribution is -2.38. The Balaban J connectivity index is 1.31. The van der Waals surface area contributed by atoms with Crippen LogP contribution in [0.4, 0.5) is 13.2 Å². The minimum atomic E-state index is -4.78. The highest BCUT2D eigenvalue weighted by molar-refractivity contribution is 5.71. The van der Waals surface area contributed by atoms with E-state index >= 15 is 0 Å². The van der Waals surface area contributed by atoms with Gasteiger partial charge in [-0.05, 0) is 30.9 Å². The summed E-state index contributed by atoms with van der Waals surface area (Å²) in [6, 6.07) is 14.5. The highest BCUT2D eigenvalue weighted by atomic mass is 19.4. The Morgan fingerprint density at radius 1 is 1.05 bits per heavy atom. The standard InChI is InChI=1S/C27H25F3N4O5/c28-27(29,30)22-23(18-6-2-1-3-7-18)32-38-24(22)26-31-25(33-39-26)19-10-8-17(9-11-19)20(35)15-34-12-4-5-16(14-34)13-21(36)37/h1-3,6-11,16,20,35H,4-5,12-15H2,(H,36,37). The number of carbonyl (C=O) groups is 1. The number of carboxylic acid groups (broad SMARTS) is 1. The molecule has 39 heavy (non-hydrogen) atoms. The number of carboxylic acids is 1. The predicted octanol–water partition coefficient (Wildman–Crippen LogP) is 5.30. The topological polar surface area (TPSA) is 126 Å². The van der Waals surface area contributed by atoms with E-state index in [1.54, 1.807) is 42.5 Å². The average Bonchev–Trinajstić information content (AvgIpc) is 3.57. The number of alkyl halides is 3. The van der Waals surface area contributed by atoms with Gasteiger partial charge in [-0.15, -0.1) is 0 Å². The Hall–Kier alpha value is -4.03. The quantitative estimate of drug-likeness (QED) is 0.305. The summed E-state index contributed by atoms with van der Waals surface area (Å²) in [5, 5.41) is 27.2. The zero-order valence-corrected chi connectivity index (χ0v) is 20.6. The third kappa shape index (κ3) is 6.02. The van der Waals surface area contributed by atoms with E-state index in [9.17, 15) is 23.1 Å². The average molecular weight is 543 g/mol. The number of piperidine rings is 1. The molecule has 5 rings (SSSR count). The van der Waals surface area contributed by atoms with Gasteiger partial charge in [-0.3, -0.25) is 4.79 Å². The number of benzene rings is 2. The molecule has 1 aliphatic heterocycles. The van der Waals surface area contributed by atoms with Gasteiger partial charge in [-0.2, -0.15) is 18.2 Å². The van der Waals surface area contributed by atoms with E-state index < -0.39 is 35.5 Å². The molecule has 0 amide bonds. The van der Waals surface area contributed by atoms with Crippen LogP contribution in [0.5, 0.6) is 0 Å². The molecule has 2 unspecified atom stereocenters. The molecule has 0 saturated carbocycles. The van der Waals surface area contributed by atoms with Crippen molar-refractivity contribution in [2.45, 2.75) is 31.5 Å². The maximum atomic E-state index is 14.0. The first-order chi connectivity index (χ1) is 18.7. The number of aliphatic hydroxyl groups is 1. The van der Waals surface area contributed by atoms with E-state index in [1.165, 1.54) is 12.1 Å². The van der Waals surface area contributed by atoms with Crippen LogP contribution in [0.25, 0.3) is 34.3 Å². The van der Waals surface area contributed by atoms with Crippen molar-refractivity contribution < 1.29 is 37.2 Å². The number of aliphatic hydroxyl groups excluding tert-OH is 1. The molecule has 1 fully saturated rings. The number of β-amino-alcohol motifs (C(OH)–C–C–N with tert-alkyl or cyclic N) is 1. The largest absolute Gasteiger partial charge is 0.481 e. The molecule has 0 aliphatic carbocycles. The fraction of sp³-hybridized carbons (Fsp3) is 0.333. The van der Waals surface area contributed by atoms with Crippen LogP contribution >= 0.6 is 0 Å². The van der Waals surface area contributed by atoms with Gasteiger partial charge in [0.1, 0.15) is 11.3 Å². The third-order valence-corrected chi connectivity index (χ3v) is 6.69. The summed E-state index contributed by atoms with van der Waals surface area (Å²) in [6.45, 7) is 1.75. The number of rotatable bonds is 8. The van der Waals surface area contributed by atoms with Gasteiger partial charge in [0.05, 0.1) is 6.10 Å². The number of nitrogens with zero attached hydrogens (tertiary/aromatic N) is 4. The molecule has 2 atom stereocenters. The molecule has 9 nitrogen and oxygen atoms in total. The molecular weight excluding hydrogens is 517 g/mol. The van der Waals surface area contributed by atoms with Crippen molar-refractivity contribution in [3.63, 3.8) is 0 Å². The summed E-state index contributed by atoms with van der Waals surface area (Å²) in [5.74, 6) is -1.85. The van der Waals surface area contributed by atoms with E-state index in [1.807, 2.05) is 0 Å². The van der Waals surface area contributed by atoms with Crippen LogP contribution in [0.2, 0.25) is 0 Å². The molecule has 1 aliphatic rings. The van der Waals surface area contributed by atoms with Gasteiger partial charge in [0.25, 0.3) is 5.89 Å². The molecule has 2 aromatic carbocycles. The summed E-state index contributed by atoms with van der Waals surface area (Å²) in [4.78, 5) is 17.2. The monoisotopic (exact) mass is 542 g/mol. The van der Waals surface area contributed by atoms with Crippen molar-refractivity contribution in [2.75, 3.05) is 19.6 Å². The zero-order valence-electron chi connectivity index (χ0n) is 20.6. The number of hydrogen-bond acceptors (Lipinski definition) is 8. The number of halogens is 3. The summed E-state index contributed by atoms with van der Waals surface area (Å²) in [5.41, 5.74) is -0.151. The Labute approximate surface area is 220 Å². The Kier molecular flexibility index (Phi) is 7.49. The second kappa shape index (κ2) is 11.0. The SMILES string of the molecule is O=C(O)CC1CCCN(CC(O)c2ccc(-c3noc(-c4onc(-c5ccccc5)c4C(F)(F)F)n3)cc2)C1. The summed E-state index contributed by atoms with van der Waals surface area (Å²) in [7, 11) is 0. The minimum Gasteiger partial charge on any atom is -0.481 e. The van der Waals surface area contributed by atoms with E-state index in [0.717, 1.165) is 19.4 Å². The highest BCUT2D eigenvalue weighted by Crippen LogP contribution is 2.43. The van der Waals surface area contributed by atoms with Gasteiger partial charge in [0.2, 0.25) is 11.6 Å². The second-order valence-electron chi connectivity index (χ2n) is 9.53. The molecular formula is C27H25F3N4O5. The minimum absolute atomic E-state index is 0.0457. The summed E-state index contributed by atoms with van der Waals surface area (Å²) < 4.78 is 52.0. The normalized spacial score (nSPS) is 17.3. The molecule has 3 heterocycles. The van der Waals surface area contributed by atoms with Crippen LogP contribution in [-0.4, -0.2) is 56.0 Å². The van der Waals surface area contributed by atoms with Crippen molar-refractivity contribution in [3.8, 4) is 34.3 Å². The van der Waals surface area contributed by atoms with Gasteiger partial charge in [0.15, 0.2) is 0 Å². The number of aliphatic carboxylic acids is 1. The van der Waals surface area contributed by atoms with Gasteiger partial charge in [-0.25, -0.2) is 0 Å². The maximum absolute atomic E-state index is 14.0. The number of aromatic nitrogens is 3. The van der Waals surface area contributed by atoms with Crippen LogP contribution < -0.4 is 0 Å². The number of hydrogen-bond donors (Lipinski definition) is 2. The van der Waals surface area contributed by atoms with E-state index in [4.69, 9.17) is 14.2 Å². The molecule has 204 valence electrons. The van der Waals surface area contributed by atoms with Crippen molar-refractivity contribution in [1.82, 2.24) is 20.2 Å². The van der Waals surface area contributed by atoms with Crippen molar-refractivity contribution in [3.05, 3.63) is 65.7 Å². The van der Waals surface area contributed by atoms with Crippen LogP contribution in [0.15, 0.2) is 63.6 Å². The van der Waals surface area contributed by atoms with E-state index in [2.05, 4.69) is 20.2 Å². The number of likely N-dealkylation sites (tertiary alicyclic amines) is 1. The van der Waals surface area contributed by atoms with Gasteiger partial charge >= 0.3 is 12.1 Å². The van der Waals surface area contributed by atoms with E-state index in [0.29, 0.717) is 24.2 Å². The summed E-state index contributed by atoms with van der Waals surface area (Å²) >= 11 is 0. The predicted molar refractivity (Wildman–Crippen MR) is 132 cm³/mol. The van der Waals surface area contributed by atoms with Crippen LogP contribution in [-0.2, 0) is 11.0 Å². The fourth-order valence-corrected chi connectivity index (χ4v) is 4.86. The van der Waals surface area contributed by atoms with Crippen LogP contribution in [0.1, 0.15) is 36.5 Å².